The molecule has 0 radical (unpaired) electrons. The zero-order valence-electron chi connectivity index (χ0n) is 10.3. The van der Waals surface area contributed by atoms with Crippen molar-refractivity contribution >= 4 is 17.4 Å². The molecule has 1 aromatic heterocycles. The van der Waals surface area contributed by atoms with E-state index in [9.17, 15) is 4.79 Å². The first-order valence-corrected chi connectivity index (χ1v) is 7.77. The molecular weight excluding hydrogens is 246 g/mol. The van der Waals surface area contributed by atoms with Crippen molar-refractivity contribution in [2.24, 2.45) is 0 Å². The van der Waals surface area contributed by atoms with E-state index in [1.807, 2.05) is 0 Å². The molecule has 3 heterocycles. The second kappa shape index (κ2) is 4.02. The molecule has 2 unspecified atom stereocenters. The SMILES string of the molecule is O=C(c1snnc1C1CC1)N1C2CCCC1CC2. The fourth-order valence-corrected chi connectivity index (χ4v) is 4.23. The van der Waals surface area contributed by atoms with Crippen molar-refractivity contribution in [3.63, 3.8) is 0 Å². The van der Waals surface area contributed by atoms with E-state index in [-0.39, 0.29) is 5.91 Å². The van der Waals surface area contributed by atoms with Crippen LogP contribution in [0.5, 0.6) is 0 Å². The maximum atomic E-state index is 12.7. The van der Waals surface area contributed by atoms with E-state index in [4.69, 9.17) is 0 Å². The summed E-state index contributed by atoms with van der Waals surface area (Å²) in [6.07, 6.45) is 8.41. The highest BCUT2D eigenvalue weighted by Crippen LogP contribution is 2.43. The first kappa shape index (κ1) is 10.9. The van der Waals surface area contributed by atoms with Crippen molar-refractivity contribution in [3.8, 4) is 0 Å². The van der Waals surface area contributed by atoms with Gasteiger partial charge in [0, 0.05) is 18.0 Å². The van der Waals surface area contributed by atoms with Gasteiger partial charge in [0.1, 0.15) is 4.88 Å². The van der Waals surface area contributed by atoms with Gasteiger partial charge in [0.05, 0.1) is 5.69 Å². The van der Waals surface area contributed by atoms with Gasteiger partial charge in [-0.1, -0.05) is 4.49 Å². The van der Waals surface area contributed by atoms with Crippen molar-refractivity contribution in [2.75, 3.05) is 0 Å². The lowest BCUT2D eigenvalue weighted by molar-refractivity contribution is 0.0599. The minimum Gasteiger partial charge on any atom is -0.332 e. The standard InChI is InChI=1S/C13H17N3OS/c17-13(12-11(8-4-5-8)14-15-18-12)16-9-2-1-3-10(16)7-6-9/h8-10H,1-7H2. The Bertz CT molecular complexity index is 466. The second-order valence-electron chi connectivity index (χ2n) is 5.79. The molecule has 3 fully saturated rings. The average Bonchev–Trinajstić information content (AvgIpc) is 3.06. The van der Waals surface area contributed by atoms with Crippen molar-refractivity contribution in [1.29, 1.82) is 0 Å². The zero-order valence-corrected chi connectivity index (χ0v) is 11.2. The van der Waals surface area contributed by atoms with Gasteiger partial charge in [0.15, 0.2) is 0 Å². The van der Waals surface area contributed by atoms with Gasteiger partial charge < -0.3 is 4.90 Å². The molecular formula is C13H17N3OS. The maximum Gasteiger partial charge on any atom is 0.268 e. The quantitative estimate of drug-likeness (QED) is 0.824. The molecule has 4 rings (SSSR count). The molecule has 4 nitrogen and oxygen atoms in total. The molecule has 18 heavy (non-hydrogen) atoms. The third kappa shape index (κ3) is 1.60. The zero-order chi connectivity index (χ0) is 12.1. The predicted molar refractivity (Wildman–Crippen MR) is 68.7 cm³/mol. The van der Waals surface area contributed by atoms with E-state index in [1.54, 1.807) is 0 Å². The van der Waals surface area contributed by atoms with Crippen molar-refractivity contribution in [3.05, 3.63) is 10.6 Å². The number of hydrogen-bond acceptors (Lipinski definition) is 4. The number of hydrogen-bond donors (Lipinski definition) is 0. The summed E-state index contributed by atoms with van der Waals surface area (Å²) in [6.45, 7) is 0. The summed E-state index contributed by atoms with van der Waals surface area (Å²) in [7, 11) is 0. The molecule has 1 saturated carbocycles. The molecule has 1 aromatic rings. The minimum absolute atomic E-state index is 0.221. The van der Waals surface area contributed by atoms with Gasteiger partial charge in [0.25, 0.3) is 5.91 Å². The van der Waals surface area contributed by atoms with Crippen LogP contribution in [0.1, 0.15) is 66.2 Å². The lowest BCUT2D eigenvalue weighted by Crippen LogP contribution is -2.44. The Morgan fingerprint density at radius 2 is 1.83 bits per heavy atom. The van der Waals surface area contributed by atoms with E-state index in [1.165, 1.54) is 56.5 Å². The summed E-state index contributed by atoms with van der Waals surface area (Å²) in [5, 5.41) is 4.19. The number of carbonyl (C=O) groups is 1. The van der Waals surface area contributed by atoms with Crippen LogP contribution in [0.4, 0.5) is 0 Å². The van der Waals surface area contributed by atoms with Crippen LogP contribution in [0, 0.1) is 0 Å². The number of nitrogens with zero attached hydrogens (tertiary/aromatic N) is 3. The Labute approximate surface area is 111 Å². The second-order valence-corrected chi connectivity index (χ2v) is 6.54. The van der Waals surface area contributed by atoms with Gasteiger partial charge in [-0.25, -0.2) is 0 Å². The highest BCUT2D eigenvalue weighted by atomic mass is 32.1. The molecule has 3 aliphatic rings. The van der Waals surface area contributed by atoms with Crippen LogP contribution in [0.15, 0.2) is 0 Å². The van der Waals surface area contributed by atoms with E-state index in [0.29, 0.717) is 18.0 Å². The third-order valence-corrected chi connectivity index (χ3v) is 5.33. The molecule has 2 bridgehead atoms. The summed E-state index contributed by atoms with van der Waals surface area (Å²) in [5.41, 5.74) is 0.981. The maximum absolute atomic E-state index is 12.7. The summed E-state index contributed by atoms with van der Waals surface area (Å²) in [6, 6.07) is 0.982. The lowest BCUT2D eigenvalue weighted by atomic mass is 10.0. The van der Waals surface area contributed by atoms with E-state index < -0.39 is 0 Å². The topological polar surface area (TPSA) is 46.1 Å². The Morgan fingerprint density at radius 1 is 1.11 bits per heavy atom. The van der Waals surface area contributed by atoms with Gasteiger partial charge in [-0.3, -0.25) is 4.79 Å². The van der Waals surface area contributed by atoms with Gasteiger partial charge in [-0.05, 0) is 56.5 Å². The van der Waals surface area contributed by atoms with Gasteiger partial charge in [-0.2, -0.15) is 0 Å². The van der Waals surface area contributed by atoms with Crippen molar-refractivity contribution < 1.29 is 4.79 Å². The fraction of sp³-hybridized carbons (Fsp3) is 0.769. The Balaban J connectivity index is 1.64. The minimum atomic E-state index is 0.221. The summed E-state index contributed by atoms with van der Waals surface area (Å²) in [5.74, 6) is 0.740. The molecule has 0 aromatic carbocycles. The molecule has 0 spiro atoms. The first-order chi connectivity index (χ1) is 8.84. The summed E-state index contributed by atoms with van der Waals surface area (Å²) in [4.78, 5) is 15.7. The van der Waals surface area contributed by atoms with Crippen LogP contribution >= 0.6 is 11.5 Å². The summed E-state index contributed by atoms with van der Waals surface area (Å²) >= 11 is 1.30. The van der Waals surface area contributed by atoms with E-state index in [2.05, 4.69) is 14.5 Å². The highest BCUT2D eigenvalue weighted by Gasteiger charge is 2.42. The molecule has 0 N–H and O–H groups in total. The normalized spacial score (nSPS) is 30.8. The monoisotopic (exact) mass is 263 g/mol. The van der Waals surface area contributed by atoms with E-state index >= 15 is 0 Å². The van der Waals surface area contributed by atoms with Crippen LogP contribution in [0.2, 0.25) is 0 Å². The largest absolute Gasteiger partial charge is 0.332 e. The van der Waals surface area contributed by atoms with Crippen molar-refractivity contribution in [2.45, 2.75) is 62.9 Å². The Kier molecular flexibility index (Phi) is 2.43. The van der Waals surface area contributed by atoms with Gasteiger partial charge in [-0.15, -0.1) is 5.10 Å². The molecule has 1 amide bonds. The van der Waals surface area contributed by atoms with E-state index in [0.717, 1.165) is 10.6 Å². The third-order valence-electron chi connectivity index (χ3n) is 4.60. The Morgan fingerprint density at radius 3 is 2.50 bits per heavy atom. The molecule has 5 heteroatoms. The van der Waals surface area contributed by atoms with Crippen LogP contribution in [0.3, 0.4) is 0 Å². The fourth-order valence-electron chi connectivity index (χ4n) is 3.54. The molecule has 1 aliphatic carbocycles. The van der Waals surface area contributed by atoms with Gasteiger partial charge >= 0.3 is 0 Å². The van der Waals surface area contributed by atoms with Gasteiger partial charge in [0.2, 0.25) is 0 Å². The Hall–Kier alpha value is -0.970. The molecule has 96 valence electrons. The molecule has 2 atom stereocenters. The number of piperidine rings is 1. The van der Waals surface area contributed by atoms with Crippen molar-refractivity contribution in [1.82, 2.24) is 14.5 Å². The smallest absolute Gasteiger partial charge is 0.268 e. The highest BCUT2D eigenvalue weighted by molar-refractivity contribution is 7.08. The number of fused-ring (bicyclic) bond motifs is 2. The number of aromatic nitrogens is 2. The number of amides is 1. The van der Waals surface area contributed by atoms with Crippen LogP contribution in [-0.4, -0.2) is 32.5 Å². The predicted octanol–water partition coefficient (Wildman–Crippen LogP) is 2.57. The first-order valence-electron chi connectivity index (χ1n) is 6.99. The van der Waals surface area contributed by atoms with Crippen LogP contribution in [0.25, 0.3) is 0 Å². The molecule has 2 aliphatic heterocycles. The summed E-state index contributed by atoms with van der Waals surface area (Å²) < 4.78 is 4.01. The lowest BCUT2D eigenvalue weighted by Gasteiger charge is -2.34. The van der Waals surface area contributed by atoms with Crippen LogP contribution in [-0.2, 0) is 0 Å². The average molecular weight is 263 g/mol. The number of rotatable bonds is 2. The molecule has 2 saturated heterocycles. The number of carbonyl (C=O) groups excluding carboxylic acids is 1. The van der Waals surface area contributed by atoms with Crippen LogP contribution < -0.4 is 0 Å².